The van der Waals surface area contributed by atoms with Crippen LogP contribution in [0.2, 0.25) is 0 Å². The minimum Gasteiger partial charge on any atom is -0.477 e. The molecule has 0 fully saturated rings. The summed E-state index contributed by atoms with van der Waals surface area (Å²) in [6.45, 7) is 3.40. The van der Waals surface area contributed by atoms with E-state index in [0.29, 0.717) is 17.6 Å². The summed E-state index contributed by atoms with van der Waals surface area (Å²) in [7, 11) is 0. The number of nitrogens with two attached hydrogens (primary N) is 1. The summed E-state index contributed by atoms with van der Waals surface area (Å²) in [4.78, 5) is 15.8. The molecule has 1 rings (SSSR count). The Hall–Kier alpha value is -1.46. The van der Waals surface area contributed by atoms with Crippen LogP contribution in [0.4, 0.5) is 0 Å². The number of hydrogen-bond acceptors (Lipinski definition) is 3. The number of rotatable bonds is 25. The van der Waals surface area contributed by atoms with Gasteiger partial charge in [0.05, 0.1) is 6.20 Å². The van der Waals surface area contributed by atoms with Crippen LogP contribution < -0.4 is 5.73 Å². The van der Waals surface area contributed by atoms with E-state index in [9.17, 15) is 9.90 Å². The number of allylic oxidation sites excluding steroid dienone is 2. The van der Waals surface area contributed by atoms with Crippen molar-refractivity contribution >= 4 is 11.8 Å². The molecule has 5 nitrogen and oxygen atoms in total. The highest BCUT2D eigenvalue weighted by molar-refractivity contribution is 5.81. The van der Waals surface area contributed by atoms with Gasteiger partial charge in [0.15, 0.2) is 6.54 Å². The minimum absolute atomic E-state index is 0.0419. The second-order valence-corrected chi connectivity index (χ2v) is 10.4. The topological polar surface area (TPSA) is 75.7 Å². The van der Waals surface area contributed by atoms with E-state index < -0.39 is 5.97 Å². The van der Waals surface area contributed by atoms with Crippen LogP contribution in [-0.4, -0.2) is 41.0 Å². The minimum atomic E-state index is -0.800. The fourth-order valence-corrected chi connectivity index (χ4v) is 5.05. The first kappa shape index (κ1) is 31.6. The molecule has 1 unspecified atom stereocenters. The SMILES string of the molecule is CCCCCCCCCCCC/C=C/CCCCCCCCCC1=NC=C[N+]1(CCN)CC(=O)O. The molecule has 1 aliphatic rings. The Morgan fingerprint density at radius 2 is 1.31 bits per heavy atom. The zero-order chi connectivity index (χ0) is 25.5. The highest BCUT2D eigenvalue weighted by Gasteiger charge is 2.36. The molecule has 202 valence electrons. The van der Waals surface area contributed by atoms with E-state index in [0.717, 1.165) is 18.7 Å². The van der Waals surface area contributed by atoms with Crippen LogP contribution in [0.5, 0.6) is 0 Å². The molecule has 0 aliphatic carbocycles. The van der Waals surface area contributed by atoms with Gasteiger partial charge in [0, 0.05) is 13.0 Å². The van der Waals surface area contributed by atoms with Crippen LogP contribution in [0.25, 0.3) is 0 Å². The second-order valence-electron chi connectivity index (χ2n) is 10.4. The Balaban J connectivity index is 1.89. The highest BCUT2D eigenvalue weighted by atomic mass is 16.4. The summed E-state index contributed by atoms with van der Waals surface area (Å²) in [6, 6.07) is 0. The fraction of sp³-hybridized carbons (Fsp3) is 0.800. The van der Waals surface area contributed by atoms with E-state index in [-0.39, 0.29) is 6.54 Å². The Bertz CT molecular complexity index is 615. The van der Waals surface area contributed by atoms with E-state index in [4.69, 9.17) is 5.73 Å². The molecule has 3 N–H and O–H groups in total. The predicted octanol–water partition coefficient (Wildman–Crippen LogP) is 8.11. The Labute approximate surface area is 216 Å². The van der Waals surface area contributed by atoms with Crippen molar-refractivity contribution in [3.8, 4) is 0 Å². The molecule has 1 atom stereocenters. The number of nitrogens with zero attached hydrogens (tertiary/aromatic N) is 2. The number of unbranched alkanes of at least 4 members (excludes halogenated alkanes) is 17. The third-order valence-electron chi connectivity index (χ3n) is 7.20. The average Bonchev–Trinajstić information content (AvgIpc) is 3.21. The normalized spacial score (nSPS) is 17.5. The van der Waals surface area contributed by atoms with Gasteiger partial charge < -0.3 is 10.8 Å². The first-order valence-corrected chi connectivity index (χ1v) is 14.8. The molecule has 0 saturated heterocycles. The third-order valence-corrected chi connectivity index (χ3v) is 7.20. The molecule has 0 spiro atoms. The van der Waals surface area contributed by atoms with Gasteiger partial charge in [-0.2, -0.15) is 0 Å². The summed E-state index contributed by atoms with van der Waals surface area (Å²) >= 11 is 0. The van der Waals surface area contributed by atoms with Crippen LogP contribution in [0.15, 0.2) is 29.5 Å². The van der Waals surface area contributed by atoms with Gasteiger partial charge in [0.1, 0.15) is 12.7 Å². The van der Waals surface area contributed by atoms with Crippen LogP contribution in [0, 0.1) is 0 Å². The Kier molecular flexibility index (Phi) is 19.7. The fourth-order valence-electron chi connectivity index (χ4n) is 5.05. The van der Waals surface area contributed by atoms with Crippen molar-refractivity contribution in [3.63, 3.8) is 0 Å². The van der Waals surface area contributed by atoms with Crippen molar-refractivity contribution in [3.05, 3.63) is 24.6 Å². The van der Waals surface area contributed by atoms with Crippen molar-refractivity contribution in [2.24, 2.45) is 10.7 Å². The summed E-state index contributed by atoms with van der Waals surface area (Å²) in [6.07, 6.45) is 34.7. The number of carbonyl (C=O) groups is 1. The molecule has 0 saturated carbocycles. The van der Waals surface area contributed by atoms with Crippen LogP contribution in [0.1, 0.15) is 135 Å². The molecule has 0 aromatic heterocycles. The molecule has 0 aromatic rings. The molecule has 1 heterocycles. The van der Waals surface area contributed by atoms with Crippen LogP contribution in [-0.2, 0) is 4.79 Å². The van der Waals surface area contributed by atoms with Crippen molar-refractivity contribution in [1.82, 2.24) is 0 Å². The lowest BCUT2D eigenvalue weighted by Gasteiger charge is -2.30. The molecule has 5 heteroatoms. The van der Waals surface area contributed by atoms with E-state index in [1.54, 1.807) is 6.20 Å². The first-order valence-electron chi connectivity index (χ1n) is 14.8. The van der Waals surface area contributed by atoms with Crippen molar-refractivity contribution in [2.45, 2.75) is 135 Å². The van der Waals surface area contributed by atoms with Gasteiger partial charge in [-0.1, -0.05) is 109 Å². The van der Waals surface area contributed by atoms with E-state index in [1.165, 1.54) is 116 Å². The maximum Gasteiger partial charge on any atom is 0.360 e. The molecule has 0 bridgehead atoms. The van der Waals surface area contributed by atoms with E-state index in [2.05, 4.69) is 24.1 Å². The Morgan fingerprint density at radius 3 is 1.80 bits per heavy atom. The lowest BCUT2D eigenvalue weighted by Crippen LogP contribution is -2.52. The third kappa shape index (κ3) is 16.0. The highest BCUT2D eigenvalue weighted by Crippen LogP contribution is 2.21. The van der Waals surface area contributed by atoms with Gasteiger partial charge in [0.25, 0.3) is 0 Å². The van der Waals surface area contributed by atoms with Gasteiger partial charge in [-0.3, -0.25) is 0 Å². The Morgan fingerprint density at radius 1 is 0.829 bits per heavy atom. The lowest BCUT2D eigenvalue weighted by atomic mass is 10.1. The quantitative estimate of drug-likeness (QED) is 0.0771. The van der Waals surface area contributed by atoms with Gasteiger partial charge in [0.2, 0.25) is 5.84 Å². The molecular weight excluding hydrogens is 434 g/mol. The number of hydrogen-bond donors (Lipinski definition) is 2. The van der Waals surface area contributed by atoms with Gasteiger partial charge in [-0.25, -0.2) is 14.3 Å². The summed E-state index contributed by atoms with van der Waals surface area (Å²) in [5.41, 5.74) is 5.74. The molecule has 0 aromatic carbocycles. The van der Waals surface area contributed by atoms with Crippen LogP contribution in [0.3, 0.4) is 0 Å². The van der Waals surface area contributed by atoms with E-state index in [1.807, 2.05) is 6.20 Å². The summed E-state index contributed by atoms with van der Waals surface area (Å²) < 4.78 is 0.304. The standard InChI is InChI=1S/C30H55N3O2/c1-2-3-4-5-6-7-8-9-10-11-12-13-14-15-16-17-18-19-20-21-22-23-29-32-25-27-33(29,26-24-31)28-30(34)35/h13-14,25,27H,2-12,15-24,26,28,31H2,1H3/p+1/b14-13+. The average molecular weight is 491 g/mol. The molecule has 35 heavy (non-hydrogen) atoms. The molecule has 0 amide bonds. The van der Waals surface area contributed by atoms with Crippen molar-refractivity contribution in [2.75, 3.05) is 19.6 Å². The van der Waals surface area contributed by atoms with Crippen molar-refractivity contribution < 1.29 is 14.4 Å². The largest absolute Gasteiger partial charge is 0.477 e. The zero-order valence-corrected chi connectivity index (χ0v) is 22.9. The van der Waals surface area contributed by atoms with Gasteiger partial charge >= 0.3 is 5.97 Å². The van der Waals surface area contributed by atoms with E-state index >= 15 is 0 Å². The number of quaternary nitrogens is 1. The van der Waals surface area contributed by atoms with Gasteiger partial charge in [-0.05, 0) is 32.1 Å². The maximum absolute atomic E-state index is 11.3. The number of amidine groups is 1. The lowest BCUT2D eigenvalue weighted by molar-refractivity contribution is -0.778. The number of carboxylic acids is 1. The number of aliphatic carboxylic acids is 1. The van der Waals surface area contributed by atoms with Crippen molar-refractivity contribution in [1.29, 1.82) is 0 Å². The van der Waals surface area contributed by atoms with Crippen LogP contribution >= 0.6 is 0 Å². The number of carboxylic acid groups (broad SMARTS) is 1. The second kappa shape index (κ2) is 21.8. The number of aliphatic imine (C=N–C) groups is 1. The molecular formula is C30H56N3O2+. The summed E-state index contributed by atoms with van der Waals surface area (Å²) in [5, 5.41) is 9.28. The first-order chi connectivity index (χ1) is 17.1. The van der Waals surface area contributed by atoms with Gasteiger partial charge in [-0.15, -0.1) is 0 Å². The smallest absolute Gasteiger partial charge is 0.360 e. The predicted molar refractivity (Wildman–Crippen MR) is 150 cm³/mol. The monoisotopic (exact) mass is 490 g/mol. The molecule has 1 aliphatic heterocycles. The molecule has 0 radical (unpaired) electrons. The summed E-state index contributed by atoms with van der Waals surface area (Å²) in [5.74, 6) is 0.161. The zero-order valence-electron chi connectivity index (χ0n) is 22.9. The maximum atomic E-state index is 11.3.